The van der Waals surface area contributed by atoms with Crippen LogP contribution in [0, 0.1) is 5.92 Å². The molecule has 0 unspecified atom stereocenters. The Labute approximate surface area is 126 Å². The maximum absolute atomic E-state index is 12.0. The van der Waals surface area contributed by atoms with E-state index in [2.05, 4.69) is 23.7 Å². The Morgan fingerprint density at radius 2 is 2.19 bits per heavy atom. The van der Waals surface area contributed by atoms with Crippen LogP contribution in [0.1, 0.15) is 26.7 Å². The maximum atomic E-state index is 12.0. The van der Waals surface area contributed by atoms with E-state index in [0.29, 0.717) is 45.2 Å². The molecule has 8 heteroatoms. The van der Waals surface area contributed by atoms with Crippen LogP contribution in [-0.4, -0.2) is 44.5 Å². The largest absolute Gasteiger partial charge is 0.381 e. The number of aryl methyl sites for hydroxylation is 1. The molecular weight excluding hydrogens is 292 g/mol. The maximum Gasteiger partial charge on any atom is 0.243 e. The summed E-state index contributed by atoms with van der Waals surface area (Å²) in [5, 5.41) is 4.01. The minimum Gasteiger partial charge on any atom is -0.381 e. The molecule has 0 saturated heterocycles. The predicted molar refractivity (Wildman–Crippen MR) is 81.4 cm³/mol. The molecule has 0 saturated carbocycles. The van der Waals surface area contributed by atoms with Crippen LogP contribution >= 0.6 is 0 Å². The zero-order valence-corrected chi connectivity index (χ0v) is 13.6. The summed E-state index contributed by atoms with van der Waals surface area (Å²) in [6.07, 6.45) is 4.29. The van der Waals surface area contributed by atoms with Crippen molar-refractivity contribution >= 4 is 10.0 Å². The first-order valence-corrected chi connectivity index (χ1v) is 8.74. The summed E-state index contributed by atoms with van der Waals surface area (Å²) in [4.78, 5) is 0.183. The number of nitrogens with two attached hydrogens (primary N) is 1. The highest BCUT2D eigenvalue weighted by Gasteiger charge is 2.15. The van der Waals surface area contributed by atoms with E-state index in [1.165, 1.54) is 12.4 Å². The Morgan fingerprint density at radius 3 is 2.86 bits per heavy atom. The van der Waals surface area contributed by atoms with Crippen molar-refractivity contribution in [2.24, 2.45) is 11.7 Å². The van der Waals surface area contributed by atoms with Crippen LogP contribution in [0.3, 0.4) is 0 Å². The number of nitrogens with one attached hydrogen (secondary N) is 1. The quantitative estimate of drug-likeness (QED) is 0.581. The molecule has 1 heterocycles. The molecule has 1 aromatic rings. The molecule has 7 nitrogen and oxygen atoms in total. The van der Waals surface area contributed by atoms with Crippen molar-refractivity contribution in [3.05, 3.63) is 12.4 Å². The van der Waals surface area contributed by atoms with Crippen LogP contribution in [0.2, 0.25) is 0 Å². The van der Waals surface area contributed by atoms with Crippen LogP contribution in [0.4, 0.5) is 0 Å². The molecular formula is C13H26N4O3S. The van der Waals surface area contributed by atoms with E-state index >= 15 is 0 Å². The summed E-state index contributed by atoms with van der Waals surface area (Å²) in [6, 6.07) is 0. The van der Waals surface area contributed by atoms with Gasteiger partial charge in [-0.2, -0.15) is 5.10 Å². The van der Waals surface area contributed by atoms with Gasteiger partial charge >= 0.3 is 0 Å². The Balaban J connectivity index is 2.34. The van der Waals surface area contributed by atoms with Crippen LogP contribution < -0.4 is 10.5 Å². The van der Waals surface area contributed by atoms with Gasteiger partial charge in [-0.1, -0.05) is 13.8 Å². The number of ether oxygens (including phenoxy) is 1. The second kappa shape index (κ2) is 9.14. The summed E-state index contributed by atoms with van der Waals surface area (Å²) < 4.78 is 33.6. The van der Waals surface area contributed by atoms with Crippen molar-refractivity contribution in [3.8, 4) is 0 Å². The Kier molecular flexibility index (Phi) is 7.87. The van der Waals surface area contributed by atoms with Crippen molar-refractivity contribution in [2.75, 3.05) is 26.3 Å². The molecule has 0 spiro atoms. The van der Waals surface area contributed by atoms with Crippen molar-refractivity contribution in [1.82, 2.24) is 14.5 Å². The van der Waals surface area contributed by atoms with Gasteiger partial charge in [0.15, 0.2) is 0 Å². The smallest absolute Gasteiger partial charge is 0.243 e. The molecule has 3 N–H and O–H groups in total. The highest BCUT2D eigenvalue weighted by Crippen LogP contribution is 2.07. The molecule has 122 valence electrons. The first-order chi connectivity index (χ1) is 9.95. The minimum absolute atomic E-state index is 0.183. The van der Waals surface area contributed by atoms with E-state index in [1.807, 2.05) is 0 Å². The van der Waals surface area contributed by atoms with Crippen molar-refractivity contribution < 1.29 is 13.2 Å². The topological polar surface area (TPSA) is 99.2 Å². The van der Waals surface area contributed by atoms with Crippen LogP contribution in [0.25, 0.3) is 0 Å². The third kappa shape index (κ3) is 7.03. The van der Waals surface area contributed by atoms with Gasteiger partial charge in [-0.3, -0.25) is 4.68 Å². The molecule has 21 heavy (non-hydrogen) atoms. The third-order valence-electron chi connectivity index (χ3n) is 2.72. The number of aromatic nitrogens is 2. The summed E-state index contributed by atoms with van der Waals surface area (Å²) in [7, 11) is -3.49. The van der Waals surface area contributed by atoms with E-state index in [-0.39, 0.29) is 4.90 Å². The zero-order chi connectivity index (χ0) is 15.7. The van der Waals surface area contributed by atoms with E-state index in [4.69, 9.17) is 10.5 Å². The predicted octanol–water partition coefficient (Wildman–Crippen LogP) is 0.573. The average molecular weight is 318 g/mol. The van der Waals surface area contributed by atoms with Crippen LogP contribution in [0.5, 0.6) is 0 Å². The van der Waals surface area contributed by atoms with Gasteiger partial charge in [0.05, 0.1) is 6.20 Å². The summed E-state index contributed by atoms with van der Waals surface area (Å²) in [5.74, 6) is 0.487. The number of nitrogens with zero attached hydrogens (tertiary/aromatic N) is 2. The molecule has 0 amide bonds. The number of hydrogen-bond donors (Lipinski definition) is 2. The van der Waals surface area contributed by atoms with Gasteiger partial charge in [0.2, 0.25) is 10.0 Å². The van der Waals surface area contributed by atoms with Gasteiger partial charge in [0, 0.05) is 32.5 Å². The van der Waals surface area contributed by atoms with Gasteiger partial charge in [0.25, 0.3) is 0 Å². The lowest BCUT2D eigenvalue weighted by molar-refractivity contribution is 0.108. The SMILES string of the molecule is CC(C)COCCCNS(=O)(=O)c1cnn(CCCN)c1. The van der Waals surface area contributed by atoms with Crippen LogP contribution in [0.15, 0.2) is 17.3 Å². The fourth-order valence-corrected chi connectivity index (χ4v) is 2.67. The average Bonchev–Trinajstić information content (AvgIpc) is 2.89. The molecule has 0 aliphatic rings. The Morgan fingerprint density at radius 1 is 1.43 bits per heavy atom. The minimum atomic E-state index is -3.49. The second-order valence-electron chi connectivity index (χ2n) is 5.30. The molecule has 0 radical (unpaired) electrons. The lowest BCUT2D eigenvalue weighted by Crippen LogP contribution is -2.25. The zero-order valence-electron chi connectivity index (χ0n) is 12.8. The molecule has 0 atom stereocenters. The standard InChI is InChI=1S/C13H26N4O3S/c1-12(2)11-20-8-4-6-16-21(18,19)13-9-15-17(10-13)7-3-5-14/h9-10,12,16H,3-8,11,14H2,1-2H3. The molecule has 0 bridgehead atoms. The third-order valence-corrected chi connectivity index (χ3v) is 4.14. The van der Waals surface area contributed by atoms with Gasteiger partial charge in [-0.15, -0.1) is 0 Å². The molecule has 0 aliphatic heterocycles. The number of rotatable bonds is 11. The summed E-state index contributed by atoms with van der Waals surface area (Å²) in [5.41, 5.74) is 5.41. The fraction of sp³-hybridized carbons (Fsp3) is 0.769. The van der Waals surface area contributed by atoms with Crippen molar-refractivity contribution in [2.45, 2.75) is 38.1 Å². The molecule has 0 aliphatic carbocycles. The van der Waals surface area contributed by atoms with Crippen LogP contribution in [-0.2, 0) is 21.3 Å². The van der Waals surface area contributed by atoms with Gasteiger partial charge in [-0.05, 0) is 25.3 Å². The highest BCUT2D eigenvalue weighted by atomic mass is 32.2. The fourth-order valence-electron chi connectivity index (χ4n) is 1.64. The highest BCUT2D eigenvalue weighted by molar-refractivity contribution is 7.89. The Hall–Kier alpha value is -0.960. The van der Waals surface area contributed by atoms with Gasteiger partial charge in [-0.25, -0.2) is 13.1 Å². The summed E-state index contributed by atoms with van der Waals surface area (Å²) >= 11 is 0. The summed E-state index contributed by atoms with van der Waals surface area (Å²) in [6.45, 7) is 6.92. The lowest BCUT2D eigenvalue weighted by Gasteiger charge is -2.07. The van der Waals surface area contributed by atoms with E-state index < -0.39 is 10.0 Å². The first-order valence-electron chi connectivity index (χ1n) is 7.25. The first kappa shape index (κ1) is 18.1. The number of sulfonamides is 1. The normalized spacial score (nSPS) is 12.2. The molecule has 0 aromatic carbocycles. The lowest BCUT2D eigenvalue weighted by atomic mass is 10.2. The molecule has 0 fully saturated rings. The number of hydrogen-bond acceptors (Lipinski definition) is 5. The molecule has 1 aromatic heterocycles. The second-order valence-corrected chi connectivity index (χ2v) is 7.07. The molecule has 1 rings (SSSR count). The van der Waals surface area contributed by atoms with Crippen molar-refractivity contribution in [3.63, 3.8) is 0 Å². The monoisotopic (exact) mass is 318 g/mol. The van der Waals surface area contributed by atoms with E-state index in [1.54, 1.807) is 4.68 Å². The van der Waals surface area contributed by atoms with E-state index in [0.717, 1.165) is 6.42 Å². The Bertz CT molecular complexity index is 499. The van der Waals surface area contributed by atoms with E-state index in [9.17, 15) is 8.42 Å². The van der Waals surface area contributed by atoms with Gasteiger partial charge < -0.3 is 10.5 Å². The van der Waals surface area contributed by atoms with Crippen molar-refractivity contribution in [1.29, 1.82) is 0 Å². The van der Waals surface area contributed by atoms with Gasteiger partial charge in [0.1, 0.15) is 4.90 Å².